The van der Waals surface area contributed by atoms with E-state index in [-0.39, 0.29) is 6.04 Å². The lowest BCUT2D eigenvalue weighted by molar-refractivity contribution is 0.268. The Morgan fingerprint density at radius 3 is 2.79 bits per heavy atom. The Labute approximate surface area is 145 Å². The molecule has 4 rings (SSSR count). The number of nitrogens with zero attached hydrogens (tertiary/aromatic N) is 1. The predicted octanol–water partition coefficient (Wildman–Crippen LogP) is 4.84. The first-order valence-electron chi connectivity index (χ1n) is 8.17. The van der Waals surface area contributed by atoms with Crippen LogP contribution < -0.4 is 5.32 Å². The Hall–Kier alpha value is -2.04. The van der Waals surface area contributed by atoms with Gasteiger partial charge in [0.1, 0.15) is 11.2 Å². The van der Waals surface area contributed by atoms with Crippen LogP contribution in [0.5, 0.6) is 0 Å². The summed E-state index contributed by atoms with van der Waals surface area (Å²) in [6.07, 6.45) is -0.364. The summed E-state index contributed by atoms with van der Waals surface area (Å²) in [5.41, 5.74) is 5.53. The molecule has 24 heavy (non-hydrogen) atoms. The molecule has 0 aliphatic heterocycles. The van der Waals surface area contributed by atoms with Gasteiger partial charge in [-0.1, -0.05) is 54.1 Å². The van der Waals surface area contributed by atoms with Crippen LogP contribution in [0.1, 0.15) is 28.4 Å². The number of hydrogen-bond acceptors (Lipinski definition) is 3. The molecule has 0 fully saturated rings. The quantitative estimate of drug-likeness (QED) is 0.736. The number of aryl methyl sites for hydroxylation is 1. The van der Waals surface area contributed by atoms with Crippen LogP contribution >= 0.6 is 11.3 Å². The molecular weight excluding hydrogens is 319 g/mol. The summed E-state index contributed by atoms with van der Waals surface area (Å²) < 4.78 is 14.3. The number of benzene rings is 2. The van der Waals surface area contributed by atoms with Gasteiger partial charge in [-0.2, -0.15) is 0 Å². The standard InChI is InChI=1S/C20H19FN2S/c1-13-6-8-14(9-7-13)20-23-16(12-24-20)11-22-19-17-5-3-2-4-15(17)10-18(19)21/h2-9,12,18-19,22H,10-11H2,1H3/t18-,19+/m1/s1. The summed E-state index contributed by atoms with van der Waals surface area (Å²) in [5.74, 6) is 0. The van der Waals surface area contributed by atoms with Crippen molar-refractivity contribution in [3.05, 3.63) is 76.3 Å². The second-order valence-corrected chi connectivity index (χ2v) is 7.15. The first-order valence-corrected chi connectivity index (χ1v) is 9.05. The minimum Gasteiger partial charge on any atom is -0.302 e. The van der Waals surface area contributed by atoms with Crippen molar-refractivity contribution in [3.8, 4) is 10.6 Å². The third kappa shape index (κ3) is 2.99. The highest BCUT2D eigenvalue weighted by molar-refractivity contribution is 7.13. The second kappa shape index (κ2) is 6.46. The van der Waals surface area contributed by atoms with Crippen LogP contribution in [-0.4, -0.2) is 11.2 Å². The van der Waals surface area contributed by atoms with Gasteiger partial charge in [-0.05, 0) is 18.1 Å². The van der Waals surface area contributed by atoms with Crippen molar-refractivity contribution in [2.45, 2.75) is 32.1 Å². The van der Waals surface area contributed by atoms with E-state index in [0.29, 0.717) is 13.0 Å². The van der Waals surface area contributed by atoms with Crippen molar-refractivity contribution in [1.29, 1.82) is 0 Å². The molecule has 3 aromatic rings. The monoisotopic (exact) mass is 338 g/mol. The minimum absolute atomic E-state index is 0.231. The van der Waals surface area contributed by atoms with Gasteiger partial charge in [-0.3, -0.25) is 0 Å². The zero-order chi connectivity index (χ0) is 16.5. The Morgan fingerprint density at radius 1 is 1.17 bits per heavy atom. The smallest absolute Gasteiger partial charge is 0.124 e. The van der Waals surface area contributed by atoms with Gasteiger partial charge in [0.15, 0.2) is 0 Å². The predicted molar refractivity (Wildman–Crippen MR) is 96.9 cm³/mol. The fraction of sp³-hybridized carbons (Fsp3) is 0.250. The first-order chi connectivity index (χ1) is 11.7. The van der Waals surface area contributed by atoms with Gasteiger partial charge in [0.05, 0.1) is 11.7 Å². The van der Waals surface area contributed by atoms with E-state index in [1.165, 1.54) is 5.56 Å². The number of hydrogen-bond donors (Lipinski definition) is 1. The molecule has 4 heteroatoms. The van der Waals surface area contributed by atoms with Crippen LogP contribution in [0.15, 0.2) is 53.9 Å². The lowest BCUT2D eigenvalue weighted by atomic mass is 10.1. The van der Waals surface area contributed by atoms with E-state index in [4.69, 9.17) is 0 Å². The molecule has 1 heterocycles. The highest BCUT2D eigenvalue weighted by atomic mass is 32.1. The Kier molecular flexibility index (Phi) is 4.17. The van der Waals surface area contributed by atoms with Gasteiger partial charge in [-0.25, -0.2) is 9.37 Å². The number of nitrogens with one attached hydrogen (secondary N) is 1. The maximum atomic E-state index is 14.3. The highest BCUT2D eigenvalue weighted by Gasteiger charge is 2.31. The molecule has 2 aromatic carbocycles. The Balaban J connectivity index is 1.46. The fourth-order valence-electron chi connectivity index (χ4n) is 3.22. The number of alkyl halides is 1. The molecule has 0 amide bonds. The fourth-order valence-corrected chi connectivity index (χ4v) is 4.04. The van der Waals surface area contributed by atoms with Crippen molar-refractivity contribution >= 4 is 11.3 Å². The summed E-state index contributed by atoms with van der Waals surface area (Å²) in [6, 6.07) is 16.1. The van der Waals surface area contributed by atoms with Crippen molar-refractivity contribution in [2.75, 3.05) is 0 Å². The second-order valence-electron chi connectivity index (χ2n) is 6.29. The van der Waals surface area contributed by atoms with E-state index < -0.39 is 6.17 Å². The molecule has 1 aliphatic carbocycles. The molecule has 122 valence electrons. The van der Waals surface area contributed by atoms with Crippen molar-refractivity contribution < 1.29 is 4.39 Å². The molecule has 0 bridgehead atoms. The number of halogens is 1. The van der Waals surface area contributed by atoms with E-state index in [9.17, 15) is 4.39 Å². The maximum Gasteiger partial charge on any atom is 0.124 e. The molecular formula is C20H19FN2S. The van der Waals surface area contributed by atoms with Crippen molar-refractivity contribution in [1.82, 2.24) is 10.3 Å². The molecule has 0 saturated heterocycles. The van der Waals surface area contributed by atoms with Gasteiger partial charge >= 0.3 is 0 Å². The average Bonchev–Trinajstić information content (AvgIpc) is 3.17. The van der Waals surface area contributed by atoms with E-state index in [1.807, 2.05) is 24.3 Å². The number of thiazole rings is 1. The van der Waals surface area contributed by atoms with Crippen LogP contribution in [0.3, 0.4) is 0 Å². The van der Waals surface area contributed by atoms with Crippen LogP contribution in [0.2, 0.25) is 0 Å². The van der Waals surface area contributed by atoms with Crippen LogP contribution in [0.4, 0.5) is 4.39 Å². The molecule has 0 unspecified atom stereocenters. The molecule has 0 saturated carbocycles. The average molecular weight is 338 g/mol. The van der Waals surface area contributed by atoms with Crippen LogP contribution in [0, 0.1) is 6.92 Å². The zero-order valence-corrected chi connectivity index (χ0v) is 14.3. The topological polar surface area (TPSA) is 24.9 Å². The summed E-state index contributed by atoms with van der Waals surface area (Å²) in [5, 5.41) is 6.41. The summed E-state index contributed by atoms with van der Waals surface area (Å²) in [6.45, 7) is 2.66. The number of aromatic nitrogens is 1. The van der Waals surface area contributed by atoms with Gasteiger partial charge < -0.3 is 5.32 Å². The Bertz CT molecular complexity index is 841. The number of rotatable bonds is 4. The third-order valence-corrected chi connectivity index (χ3v) is 5.46. The summed E-state index contributed by atoms with van der Waals surface area (Å²) in [7, 11) is 0. The molecule has 1 N–H and O–H groups in total. The zero-order valence-electron chi connectivity index (χ0n) is 13.5. The third-order valence-electron chi connectivity index (χ3n) is 4.52. The molecule has 2 nitrogen and oxygen atoms in total. The van der Waals surface area contributed by atoms with E-state index in [1.54, 1.807) is 11.3 Å². The molecule has 1 aromatic heterocycles. The van der Waals surface area contributed by atoms with E-state index in [0.717, 1.165) is 27.4 Å². The maximum absolute atomic E-state index is 14.3. The SMILES string of the molecule is Cc1ccc(-c2nc(CN[C@H]3c4ccccc4C[C@H]3F)cs2)cc1. The lowest BCUT2D eigenvalue weighted by Crippen LogP contribution is -2.26. The first kappa shape index (κ1) is 15.5. The molecule has 0 spiro atoms. The van der Waals surface area contributed by atoms with E-state index >= 15 is 0 Å². The largest absolute Gasteiger partial charge is 0.302 e. The molecule has 2 atom stereocenters. The van der Waals surface area contributed by atoms with Gasteiger partial charge in [0, 0.05) is 23.9 Å². The highest BCUT2D eigenvalue weighted by Crippen LogP contribution is 2.33. The van der Waals surface area contributed by atoms with Crippen LogP contribution in [-0.2, 0) is 13.0 Å². The normalized spacial score (nSPS) is 19.4. The van der Waals surface area contributed by atoms with Gasteiger partial charge in [0.2, 0.25) is 0 Å². The minimum atomic E-state index is -0.863. The lowest BCUT2D eigenvalue weighted by Gasteiger charge is -2.15. The summed E-state index contributed by atoms with van der Waals surface area (Å²) in [4.78, 5) is 4.69. The Morgan fingerprint density at radius 2 is 1.96 bits per heavy atom. The van der Waals surface area contributed by atoms with E-state index in [2.05, 4.69) is 46.9 Å². The van der Waals surface area contributed by atoms with Crippen molar-refractivity contribution in [3.63, 3.8) is 0 Å². The molecule has 0 radical (unpaired) electrons. The summed E-state index contributed by atoms with van der Waals surface area (Å²) >= 11 is 1.63. The van der Waals surface area contributed by atoms with Gasteiger partial charge in [-0.15, -0.1) is 11.3 Å². The van der Waals surface area contributed by atoms with Crippen LogP contribution in [0.25, 0.3) is 10.6 Å². The van der Waals surface area contributed by atoms with Crippen molar-refractivity contribution in [2.24, 2.45) is 0 Å². The van der Waals surface area contributed by atoms with Gasteiger partial charge in [0.25, 0.3) is 0 Å². The molecule has 1 aliphatic rings. The number of fused-ring (bicyclic) bond motifs is 1.